The lowest BCUT2D eigenvalue weighted by atomic mass is 9.65. The van der Waals surface area contributed by atoms with Crippen molar-refractivity contribution in [1.82, 2.24) is 4.90 Å². The first-order chi connectivity index (χ1) is 24.1. The summed E-state index contributed by atoms with van der Waals surface area (Å²) in [6, 6.07) is 20.3. The molecule has 10 heteroatoms. The van der Waals surface area contributed by atoms with Gasteiger partial charge in [-0.3, -0.25) is 14.4 Å². The molecule has 3 aromatic rings. The zero-order valence-electron chi connectivity index (χ0n) is 28.7. The number of fused-ring (bicyclic) bond motifs is 1. The van der Waals surface area contributed by atoms with Crippen molar-refractivity contribution < 1.29 is 24.2 Å². The van der Waals surface area contributed by atoms with Gasteiger partial charge in [0.1, 0.15) is 11.8 Å². The van der Waals surface area contributed by atoms with Crippen molar-refractivity contribution in [2.75, 3.05) is 36.1 Å². The summed E-state index contributed by atoms with van der Waals surface area (Å²) in [7, 11) is 0. The number of amides is 3. The molecule has 3 fully saturated rings. The molecule has 3 heterocycles. The van der Waals surface area contributed by atoms with Gasteiger partial charge in [0, 0.05) is 24.0 Å². The van der Waals surface area contributed by atoms with Crippen LogP contribution in [0.25, 0.3) is 0 Å². The van der Waals surface area contributed by atoms with E-state index in [0.29, 0.717) is 40.7 Å². The average Bonchev–Trinajstić information content (AvgIpc) is 3.71. The molecule has 3 saturated heterocycles. The Labute approximate surface area is 303 Å². The highest BCUT2D eigenvalue weighted by Crippen LogP contribution is 2.69. The number of thioether (sulfide) groups is 1. The van der Waals surface area contributed by atoms with Gasteiger partial charge in [0.15, 0.2) is 0 Å². The van der Waals surface area contributed by atoms with Crippen molar-refractivity contribution in [3.05, 3.63) is 114 Å². The second-order valence-electron chi connectivity index (χ2n) is 13.2. The van der Waals surface area contributed by atoms with E-state index in [1.165, 1.54) is 0 Å². The summed E-state index contributed by atoms with van der Waals surface area (Å²) in [4.78, 5) is 50.3. The number of hydrogen-bond donors (Lipinski definition) is 1. The maximum absolute atomic E-state index is 15.3. The summed E-state index contributed by atoms with van der Waals surface area (Å²) >= 11 is 8.37. The molecule has 6 rings (SSSR count). The molecular formula is C40H44ClN3O5S. The predicted octanol–water partition coefficient (Wildman–Crippen LogP) is 6.86. The van der Waals surface area contributed by atoms with E-state index in [0.717, 1.165) is 5.56 Å². The number of benzene rings is 3. The lowest BCUT2D eigenvalue weighted by molar-refractivity contribution is -0.142. The van der Waals surface area contributed by atoms with Crippen molar-refractivity contribution in [2.24, 2.45) is 17.8 Å². The number of nitrogens with zero attached hydrogens (tertiary/aromatic N) is 3. The first-order valence-electron chi connectivity index (χ1n) is 17.1. The van der Waals surface area contributed by atoms with Crippen LogP contribution in [-0.2, 0) is 14.4 Å². The second kappa shape index (κ2) is 14.7. The fourth-order valence-corrected chi connectivity index (χ4v) is 11.2. The van der Waals surface area contributed by atoms with Crippen molar-refractivity contribution in [3.63, 3.8) is 0 Å². The number of ether oxygens (including phenoxy) is 1. The molecule has 262 valence electrons. The molecule has 0 aliphatic carbocycles. The third kappa shape index (κ3) is 5.83. The van der Waals surface area contributed by atoms with Crippen LogP contribution in [-0.4, -0.2) is 70.1 Å². The first-order valence-corrected chi connectivity index (χ1v) is 18.4. The summed E-state index contributed by atoms with van der Waals surface area (Å²) in [6.45, 7) is 14.3. The molecular weight excluding hydrogens is 670 g/mol. The van der Waals surface area contributed by atoms with Crippen LogP contribution >= 0.6 is 23.4 Å². The van der Waals surface area contributed by atoms with Crippen LogP contribution in [0.15, 0.2) is 98.1 Å². The zero-order chi connectivity index (χ0) is 35.7. The van der Waals surface area contributed by atoms with Crippen LogP contribution in [0.1, 0.15) is 37.4 Å². The maximum atomic E-state index is 15.3. The van der Waals surface area contributed by atoms with E-state index in [4.69, 9.17) is 16.3 Å². The number of rotatable bonds is 13. The fraction of sp³-hybridized carbons (Fsp3) is 0.375. The Bertz CT molecular complexity index is 1750. The minimum Gasteiger partial charge on any atom is -0.494 e. The van der Waals surface area contributed by atoms with Gasteiger partial charge < -0.3 is 24.5 Å². The molecule has 8 nitrogen and oxygen atoms in total. The van der Waals surface area contributed by atoms with Gasteiger partial charge in [-0.05, 0) is 67.6 Å². The molecule has 0 radical (unpaired) electrons. The SMILES string of the molecule is C=CCN(C(=O)[C@@H]1[C@@H]2CC(C)C3(S2)C(C(=O)N(CC=C)c2c(C)cccc2Cl)N([C@H](CO)c2ccccc2)C(=O)[C@H]13)c1ccc(OCC)cc1. The molecule has 3 aliphatic heterocycles. The van der Waals surface area contributed by atoms with Gasteiger partial charge in [-0.15, -0.1) is 24.9 Å². The highest BCUT2D eigenvalue weighted by atomic mass is 35.5. The number of carbonyl (C=O) groups excluding carboxylic acids is 3. The van der Waals surface area contributed by atoms with E-state index in [9.17, 15) is 9.90 Å². The molecule has 50 heavy (non-hydrogen) atoms. The third-order valence-electron chi connectivity index (χ3n) is 10.5. The minimum atomic E-state index is -0.992. The number of likely N-dealkylation sites (tertiary alicyclic amines) is 1. The molecule has 3 unspecified atom stereocenters. The number of halogens is 1. The Hall–Kier alpha value is -4.05. The molecule has 3 amide bonds. The second-order valence-corrected chi connectivity index (χ2v) is 15.2. The highest BCUT2D eigenvalue weighted by Gasteiger charge is 2.77. The smallest absolute Gasteiger partial charge is 0.251 e. The number of carbonyl (C=O) groups is 3. The van der Waals surface area contributed by atoms with Crippen LogP contribution in [0.4, 0.5) is 11.4 Å². The standard InChI is InChI=1S/C40H44ClN3O5S/c1-6-21-42(28-17-19-29(20-18-28)49-8-3)37(46)33-32-23-26(5)40(50-32)34(33)38(47)44(31(24-45)27-14-10-9-11-15-27)36(40)39(48)43(22-7-2)35-25(4)13-12-16-30(35)41/h6-7,9-20,26,31-34,36,45H,1-2,8,21-24H2,3-5H3/t26?,31-,32+,33-,34+,36?,40?/m1/s1. The van der Waals surface area contributed by atoms with Gasteiger partial charge >= 0.3 is 0 Å². The highest BCUT2D eigenvalue weighted by molar-refractivity contribution is 8.02. The van der Waals surface area contributed by atoms with E-state index in [-0.39, 0.29) is 42.0 Å². The van der Waals surface area contributed by atoms with Crippen molar-refractivity contribution in [1.29, 1.82) is 0 Å². The van der Waals surface area contributed by atoms with E-state index >= 15 is 9.59 Å². The monoisotopic (exact) mass is 713 g/mol. The Kier molecular flexibility index (Phi) is 10.5. The number of para-hydroxylation sites is 1. The first kappa shape index (κ1) is 35.8. The normalized spacial score (nSPS) is 25.6. The van der Waals surface area contributed by atoms with Crippen molar-refractivity contribution >= 4 is 52.5 Å². The van der Waals surface area contributed by atoms with Crippen LogP contribution < -0.4 is 14.5 Å². The molecule has 0 aromatic heterocycles. The van der Waals surface area contributed by atoms with Gasteiger partial charge in [-0.1, -0.05) is 73.1 Å². The number of aliphatic hydroxyl groups is 1. The number of anilines is 2. The number of hydrogen-bond acceptors (Lipinski definition) is 6. The van der Waals surface area contributed by atoms with Gasteiger partial charge in [0.25, 0.3) is 5.91 Å². The Morgan fingerprint density at radius 2 is 1.72 bits per heavy atom. The topological polar surface area (TPSA) is 90.4 Å². The summed E-state index contributed by atoms with van der Waals surface area (Å²) < 4.78 is 4.70. The van der Waals surface area contributed by atoms with Crippen LogP contribution in [0, 0.1) is 24.7 Å². The third-order valence-corrected chi connectivity index (χ3v) is 12.8. The summed E-state index contributed by atoms with van der Waals surface area (Å²) in [5, 5.41) is 11.2. The van der Waals surface area contributed by atoms with E-state index in [1.54, 1.807) is 44.7 Å². The lowest BCUT2D eigenvalue weighted by Crippen LogP contribution is -2.58. The van der Waals surface area contributed by atoms with Crippen molar-refractivity contribution in [3.8, 4) is 5.75 Å². The average molecular weight is 714 g/mol. The predicted molar refractivity (Wildman–Crippen MR) is 201 cm³/mol. The minimum absolute atomic E-state index is 0.0826. The Morgan fingerprint density at radius 1 is 1.04 bits per heavy atom. The van der Waals surface area contributed by atoms with Gasteiger partial charge in [-0.25, -0.2) is 0 Å². The summed E-state index contributed by atoms with van der Waals surface area (Å²) in [5.41, 5.74) is 2.74. The summed E-state index contributed by atoms with van der Waals surface area (Å²) in [5.74, 6) is -1.67. The molecule has 0 saturated carbocycles. The molecule has 1 N–H and O–H groups in total. The lowest BCUT2D eigenvalue weighted by Gasteiger charge is -2.42. The molecule has 7 atom stereocenters. The molecule has 3 aromatic carbocycles. The number of aliphatic hydroxyl groups excluding tert-OH is 1. The molecule has 2 bridgehead atoms. The van der Waals surface area contributed by atoms with E-state index < -0.39 is 35.3 Å². The fourth-order valence-electron chi connectivity index (χ4n) is 8.44. The van der Waals surface area contributed by atoms with Crippen LogP contribution in [0.2, 0.25) is 5.02 Å². The Balaban J connectivity index is 1.49. The van der Waals surface area contributed by atoms with Crippen molar-refractivity contribution in [2.45, 2.75) is 49.3 Å². The van der Waals surface area contributed by atoms with Gasteiger partial charge in [-0.2, -0.15) is 0 Å². The largest absolute Gasteiger partial charge is 0.494 e. The molecule has 1 spiro atoms. The van der Waals surface area contributed by atoms with Crippen LogP contribution in [0.3, 0.4) is 0 Å². The quantitative estimate of drug-likeness (QED) is 0.195. The van der Waals surface area contributed by atoms with Crippen LogP contribution in [0.5, 0.6) is 5.75 Å². The maximum Gasteiger partial charge on any atom is 0.251 e. The molecule has 3 aliphatic rings. The zero-order valence-corrected chi connectivity index (χ0v) is 30.3. The van der Waals surface area contributed by atoms with E-state index in [1.807, 2.05) is 80.6 Å². The van der Waals surface area contributed by atoms with Gasteiger partial charge in [0.05, 0.1) is 46.5 Å². The van der Waals surface area contributed by atoms with Gasteiger partial charge in [0.2, 0.25) is 11.8 Å². The number of aryl methyl sites for hydroxylation is 1. The van der Waals surface area contributed by atoms with E-state index in [2.05, 4.69) is 20.1 Å². The Morgan fingerprint density at radius 3 is 2.34 bits per heavy atom. The summed E-state index contributed by atoms with van der Waals surface area (Å²) in [6.07, 6.45) is 3.99.